The van der Waals surface area contributed by atoms with Crippen LogP contribution in [0.2, 0.25) is 0 Å². The van der Waals surface area contributed by atoms with Gasteiger partial charge in [-0.15, -0.1) is 11.3 Å². The fourth-order valence-corrected chi connectivity index (χ4v) is 2.26. The average Bonchev–Trinajstić information content (AvgIpc) is 2.65. The predicted molar refractivity (Wildman–Crippen MR) is 65.0 cm³/mol. The summed E-state index contributed by atoms with van der Waals surface area (Å²) in [7, 11) is 0. The molecule has 86 valence electrons. The first-order valence-electron chi connectivity index (χ1n) is 5.12. The number of nitrogens with one attached hydrogen (secondary N) is 1. The largest absolute Gasteiger partial charge is 0.346 e. The van der Waals surface area contributed by atoms with Crippen molar-refractivity contribution in [3.8, 4) is 0 Å². The van der Waals surface area contributed by atoms with Crippen molar-refractivity contribution < 1.29 is 4.79 Å². The standard InChI is InChI=1S/C11H15N3OS/c1-7-6-16-10-12-8(5-14(7)10)9(15)13-11(2,3)4/h5-6H,1-4H3,(H,13,15). The number of nitrogens with zero attached hydrogens (tertiary/aromatic N) is 2. The Labute approximate surface area is 98.3 Å². The highest BCUT2D eigenvalue weighted by molar-refractivity contribution is 7.15. The Bertz CT molecular complexity index is 533. The third kappa shape index (κ3) is 2.09. The van der Waals surface area contributed by atoms with Crippen molar-refractivity contribution >= 4 is 22.2 Å². The molecule has 0 saturated heterocycles. The molecule has 0 fully saturated rings. The topological polar surface area (TPSA) is 46.4 Å². The number of hydrogen-bond acceptors (Lipinski definition) is 3. The first-order chi connectivity index (χ1) is 7.37. The molecule has 0 radical (unpaired) electrons. The lowest BCUT2D eigenvalue weighted by molar-refractivity contribution is 0.0915. The molecule has 0 aromatic carbocycles. The summed E-state index contributed by atoms with van der Waals surface area (Å²) in [6.07, 6.45) is 1.78. The predicted octanol–water partition coefficient (Wildman–Crippen LogP) is 2.23. The fourth-order valence-electron chi connectivity index (χ4n) is 1.41. The molecule has 0 unspecified atom stereocenters. The van der Waals surface area contributed by atoms with E-state index in [1.54, 1.807) is 17.5 Å². The molecule has 2 aromatic heterocycles. The van der Waals surface area contributed by atoms with E-state index >= 15 is 0 Å². The number of aryl methyl sites for hydroxylation is 1. The van der Waals surface area contributed by atoms with Gasteiger partial charge in [0.2, 0.25) is 0 Å². The second-order valence-electron chi connectivity index (χ2n) is 4.86. The summed E-state index contributed by atoms with van der Waals surface area (Å²) in [4.78, 5) is 17.0. The Morgan fingerprint density at radius 2 is 2.19 bits per heavy atom. The Kier molecular flexibility index (Phi) is 2.50. The van der Waals surface area contributed by atoms with E-state index in [2.05, 4.69) is 10.3 Å². The maximum atomic E-state index is 11.9. The summed E-state index contributed by atoms with van der Waals surface area (Å²) >= 11 is 1.54. The molecule has 4 nitrogen and oxygen atoms in total. The minimum absolute atomic E-state index is 0.122. The van der Waals surface area contributed by atoms with Gasteiger partial charge in [0.05, 0.1) is 0 Å². The first-order valence-corrected chi connectivity index (χ1v) is 6.00. The summed E-state index contributed by atoms with van der Waals surface area (Å²) in [6.45, 7) is 7.86. The third-order valence-corrected chi connectivity index (χ3v) is 3.07. The smallest absolute Gasteiger partial charge is 0.271 e. The second kappa shape index (κ2) is 3.59. The SMILES string of the molecule is Cc1csc2nc(C(=O)NC(C)(C)C)cn12. The highest BCUT2D eigenvalue weighted by Crippen LogP contribution is 2.16. The lowest BCUT2D eigenvalue weighted by atomic mass is 10.1. The van der Waals surface area contributed by atoms with E-state index in [0.29, 0.717) is 5.69 Å². The average molecular weight is 237 g/mol. The van der Waals surface area contributed by atoms with Crippen molar-refractivity contribution in [3.63, 3.8) is 0 Å². The monoisotopic (exact) mass is 237 g/mol. The van der Waals surface area contributed by atoms with Crippen LogP contribution in [0.4, 0.5) is 0 Å². The number of carbonyl (C=O) groups is 1. The van der Waals surface area contributed by atoms with Crippen LogP contribution in [0.3, 0.4) is 0 Å². The van der Waals surface area contributed by atoms with Gasteiger partial charge < -0.3 is 5.32 Å². The normalized spacial score (nSPS) is 12.0. The van der Waals surface area contributed by atoms with E-state index in [4.69, 9.17) is 0 Å². The molecule has 0 aliphatic rings. The summed E-state index contributed by atoms with van der Waals surface area (Å²) in [5.41, 5.74) is 1.34. The fraction of sp³-hybridized carbons (Fsp3) is 0.455. The zero-order valence-corrected chi connectivity index (χ0v) is 10.7. The van der Waals surface area contributed by atoms with Gasteiger partial charge in [0, 0.05) is 22.8 Å². The lowest BCUT2D eigenvalue weighted by Crippen LogP contribution is -2.40. The number of hydrogen-bond donors (Lipinski definition) is 1. The van der Waals surface area contributed by atoms with Crippen LogP contribution in [-0.2, 0) is 0 Å². The molecule has 2 heterocycles. The van der Waals surface area contributed by atoms with Crippen molar-refractivity contribution in [1.29, 1.82) is 0 Å². The number of aromatic nitrogens is 2. The Balaban J connectivity index is 2.30. The highest BCUT2D eigenvalue weighted by atomic mass is 32.1. The molecule has 1 N–H and O–H groups in total. The van der Waals surface area contributed by atoms with E-state index in [0.717, 1.165) is 10.7 Å². The molecular formula is C11H15N3OS. The molecule has 1 amide bonds. The van der Waals surface area contributed by atoms with Gasteiger partial charge >= 0.3 is 0 Å². The van der Waals surface area contributed by atoms with Gasteiger partial charge in [0.25, 0.3) is 5.91 Å². The van der Waals surface area contributed by atoms with Crippen molar-refractivity contribution in [2.24, 2.45) is 0 Å². The summed E-state index contributed by atoms with van der Waals surface area (Å²) < 4.78 is 1.93. The number of amides is 1. The second-order valence-corrected chi connectivity index (χ2v) is 5.70. The minimum Gasteiger partial charge on any atom is -0.346 e. The summed E-state index contributed by atoms with van der Waals surface area (Å²) in [5.74, 6) is -0.122. The van der Waals surface area contributed by atoms with Crippen LogP contribution >= 0.6 is 11.3 Å². The van der Waals surface area contributed by atoms with Crippen molar-refractivity contribution in [3.05, 3.63) is 23.0 Å². The zero-order valence-electron chi connectivity index (χ0n) is 9.87. The maximum Gasteiger partial charge on any atom is 0.271 e. The molecule has 2 aromatic rings. The van der Waals surface area contributed by atoms with Crippen molar-refractivity contribution in [2.75, 3.05) is 0 Å². The van der Waals surface area contributed by atoms with E-state index in [-0.39, 0.29) is 11.4 Å². The van der Waals surface area contributed by atoms with E-state index < -0.39 is 0 Å². The van der Waals surface area contributed by atoms with Crippen molar-refractivity contribution in [2.45, 2.75) is 33.2 Å². The molecule has 0 saturated carbocycles. The molecule has 0 aliphatic carbocycles. The van der Waals surface area contributed by atoms with E-state index in [9.17, 15) is 4.79 Å². The van der Waals surface area contributed by atoms with Crippen LogP contribution in [0, 0.1) is 6.92 Å². The van der Waals surface area contributed by atoms with Gasteiger partial charge in [0.15, 0.2) is 4.96 Å². The van der Waals surface area contributed by atoms with Gasteiger partial charge in [0.1, 0.15) is 5.69 Å². The first kappa shape index (κ1) is 11.1. The number of rotatable bonds is 1. The van der Waals surface area contributed by atoms with Crippen LogP contribution in [0.1, 0.15) is 37.0 Å². The van der Waals surface area contributed by atoms with Crippen LogP contribution < -0.4 is 5.32 Å². The zero-order chi connectivity index (χ0) is 11.9. The summed E-state index contributed by atoms with van der Waals surface area (Å²) in [5, 5.41) is 4.92. The third-order valence-electron chi connectivity index (χ3n) is 2.11. The van der Waals surface area contributed by atoms with Gasteiger partial charge in [-0.3, -0.25) is 9.20 Å². The van der Waals surface area contributed by atoms with Crippen LogP contribution in [-0.4, -0.2) is 20.8 Å². The summed E-state index contributed by atoms with van der Waals surface area (Å²) in [6, 6.07) is 0. The molecule has 5 heteroatoms. The quantitative estimate of drug-likeness (QED) is 0.826. The number of fused-ring (bicyclic) bond motifs is 1. The van der Waals surface area contributed by atoms with E-state index in [1.165, 1.54) is 0 Å². The molecule has 16 heavy (non-hydrogen) atoms. The lowest BCUT2D eigenvalue weighted by Gasteiger charge is -2.19. The number of imidazole rings is 1. The van der Waals surface area contributed by atoms with Gasteiger partial charge in [-0.2, -0.15) is 0 Å². The van der Waals surface area contributed by atoms with Crippen molar-refractivity contribution in [1.82, 2.24) is 14.7 Å². The molecule has 0 atom stereocenters. The Morgan fingerprint density at radius 3 is 2.75 bits per heavy atom. The van der Waals surface area contributed by atoms with Crippen LogP contribution in [0.5, 0.6) is 0 Å². The van der Waals surface area contributed by atoms with Gasteiger partial charge in [-0.25, -0.2) is 4.98 Å². The molecule has 0 bridgehead atoms. The molecule has 0 spiro atoms. The van der Waals surface area contributed by atoms with Crippen LogP contribution in [0.15, 0.2) is 11.6 Å². The minimum atomic E-state index is -0.233. The Morgan fingerprint density at radius 1 is 1.50 bits per heavy atom. The maximum absolute atomic E-state index is 11.9. The van der Waals surface area contributed by atoms with Gasteiger partial charge in [-0.1, -0.05) is 0 Å². The van der Waals surface area contributed by atoms with Crippen LogP contribution in [0.25, 0.3) is 4.96 Å². The molecule has 0 aliphatic heterocycles. The number of carbonyl (C=O) groups excluding carboxylic acids is 1. The molecule has 2 rings (SSSR count). The van der Waals surface area contributed by atoms with Gasteiger partial charge in [-0.05, 0) is 27.7 Å². The number of thiazole rings is 1. The highest BCUT2D eigenvalue weighted by Gasteiger charge is 2.18. The van der Waals surface area contributed by atoms with E-state index in [1.807, 2.05) is 37.5 Å². The Hall–Kier alpha value is -1.36. The molecular weight excluding hydrogens is 222 g/mol.